The van der Waals surface area contributed by atoms with E-state index in [-0.39, 0.29) is 11.9 Å². The number of hydrogen-bond acceptors (Lipinski definition) is 7. The lowest BCUT2D eigenvalue weighted by atomic mass is 10.0. The maximum absolute atomic E-state index is 14.5. The zero-order valence-corrected chi connectivity index (χ0v) is 19.7. The van der Waals surface area contributed by atoms with E-state index in [1.807, 2.05) is 17.0 Å². The maximum atomic E-state index is 14.5. The minimum atomic E-state index is -0.468. The number of hydrogen-bond donors (Lipinski definition) is 1. The van der Waals surface area contributed by atoms with Crippen molar-refractivity contribution in [2.75, 3.05) is 16.8 Å². The Morgan fingerprint density at radius 1 is 1.11 bits per heavy atom. The second-order valence-corrected chi connectivity index (χ2v) is 8.80. The number of aryl methyl sites for hydroxylation is 1. The molecular formula is C25H21F2N9O. The topological polar surface area (TPSA) is 106 Å². The number of amides is 1. The van der Waals surface area contributed by atoms with Crippen molar-refractivity contribution in [1.29, 1.82) is 0 Å². The van der Waals surface area contributed by atoms with Gasteiger partial charge in [-0.25, -0.2) is 18.0 Å². The number of anilines is 2. The van der Waals surface area contributed by atoms with E-state index in [1.54, 1.807) is 29.9 Å². The van der Waals surface area contributed by atoms with Gasteiger partial charge < -0.3 is 10.2 Å². The number of benzene rings is 1. The van der Waals surface area contributed by atoms with Gasteiger partial charge in [-0.3, -0.25) is 9.78 Å². The molecule has 1 aliphatic rings. The highest BCUT2D eigenvalue weighted by Gasteiger charge is 2.29. The summed E-state index contributed by atoms with van der Waals surface area (Å²) in [5.41, 5.74) is 3.17. The molecule has 0 radical (unpaired) electrons. The Balaban J connectivity index is 1.26. The molecule has 0 saturated carbocycles. The average molecular weight is 502 g/mol. The van der Waals surface area contributed by atoms with E-state index in [0.29, 0.717) is 46.8 Å². The summed E-state index contributed by atoms with van der Waals surface area (Å²) in [7, 11) is 1.71. The van der Waals surface area contributed by atoms with E-state index in [4.69, 9.17) is 0 Å². The third-order valence-electron chi connectivity index (χ3n) is 6.52. The number of nitrogens with zero attached hydrogens (tertiary/aromatic N) is 8. The summed E-state index contributed by atoms with van der Waals surface area (Å²) in [6.07, 6.45) is 6.32. The quantitative estimate of drug-likeness (QED) is 0.391. The molecule has 10 nitrogen and oxygen atoms in total. The molecule has 0 unspecified atom stereocenters. The predicted molar refractivity (Wildman–Crippen MR) is 131 cm³/mol. The third kappa shape index (κ3) is 4.15. The van der Waals surface area contributed by atoms with Crippen LogP contribution < -0.4 is 10.2 Å². The Labute approximate surface area is 209 Å². The normalized spacial score (nSPS) is 15.4. The van der Waals surface area contributed by atoms with Crippen LogP contribution in [-0.4, -0.2) is 47.3 Å². The number of carbonyl (C=O) groups is 1. The Morgan fingerprint density at radius 3 is 2.78 bits per heavy atom. The lowest BCUT2D eigenvalue weighted by molar-refractivity contribution is 0.102. The summed E-state index contributed by atoms with van der Waals surface area (Å²) in [5, 5.41) is 18.5. The molecule has 1 aromatic carbocycles. The fourth-order valence-electron chi connectivity index (χ4n) is 4.74. The van der Waals surface area contributed by atoms with Gasteiger partial charge in [0.05, 0.1) is 35.2 Å². The highest BCUT2D eigenvalue weighted by atomic mass is 19.1. The van der Waals surface area contributed by atoms with Gasteiger partial charge in [0.2, 0.25) is 0 Å². The zero-order chi connectivity index (χ0) is 25.5. The molecule has 1 saturated heterocycles. The van der Waals surface area contributed by atoms with Gasteiger partial charge in [-0.15, -0.1) is 5.10 Å². The van der Waals surface area contributed by atoms with Crippen LogP contribution in [0.25, 0.3) is 17.0 Å². The minimum absolute atomic E-state index is 0.299. The predicted octanol–water partition coefficient (Wildman–Crippen LogP) is 3.79. The Hall–Kier alpha value is -4.74. The molecule has 186 valence electrons. The van der Waals surface area contributed by atoms with Crippen LogP contribution >= 0.6 is 0 Å². The Kier molecular flexibility index (Phi) is 5.55. The average Bonchev–Trinajstić information content (AvgIpc) is 3.65. The van der Waals surface area contributed by atoms with Crippen LogP contribution in [0.5, 0.6) is 0 Å². The van der Waals surface area contributed by atoms with Crippen LogP contribution in [0.3, 0.4) is 0 Å². The summed E-state index contributed by atoms with van der Waals surface area (Å²) in [4.78, 5) is 19.5. The van der Waals surface area contributed by atoms with Crippen molar-refractivity contribution in [3.05, 3.63) is 83.8 Å². The summed E-state index contributed by atoms with van der Waals surface area (Å²) in [6, 6.07) is 10.4. The number of tetrazole rings is 1. The van der Waals surface area contributed by atoms with Gasteiger partial charge >= 0.3 is 0 Å². The van der Waals surface area contributed by atoms with Gasteiger partial charge in [0.1, 0.15) is 17.3 Å². The molecule has 1 N–H and O–H groups in total. The molecule has 6 rings (SSSR count). The summed E-state index contributed by atoms with van der Waals surface area (Å²) < 4.78 is 31.5. The Morgan fingerprint density at radius 2 is 2.00 bits per heavy atom. The molecule has 37 heavy (non-hydrogen) atoms. The summed E-state index contributed by atoms with van der Waals surface area (Å²) >= 11 is 0. The van der Waals surface area contributed by atoms with E-state index in [1.165, 1.54) is 23.1 Å². The first-order valence-electron chi connectivity index (χ1n) is 11.7. The second kappa shape index (κ2) is 9.04. The minimum Gasteiger partial charge on any atom is -0.364 e. The van der Waals surface area contributed by atoms with Crippen molar-refractivity contribution in [3.63, 3.8) is 0 Å². The zero-order valence-electron chi connectivity index (χ0n) is 19.7. The molecule has 5 aromatic rings. The van der Waals surface area contributed by atoms with Crippen LogP contribution in [0.4, 0.5) is 20.2 Å². The van der Waals surface area contributed by atoms with E-state index in [2.05, 4.69) is 30.9 Å². The summed E-state index contributed by atoms with van der Waals surface area (Å²) in [5.74, 6) is -0.745. The smallest absolute Gasteiger partial charge is 0.259 e. The fourth-order valence-corrected chi connectivity index (χ4v) is 4.74. The van der Waals surface area contributed by atoms with Crippen LogP contribution in [0, 0.1) is 11.6 Å². The lowest BCUT2D eigenvalue weighted by Crippen LogP contribution is -2.23. The first-order chi connectivity index (χ1) is 18.0. The number of fused-ring (bicyclic) bond motifs is 1. The molecule has 0 spiro atoms. The molecule has 0 bridgehead atoms. The molecule has 1 amide bonds. The first kappa shape index (κ1) is 22.7. The van der Waals surface area contributed by atoms with Gasteiger partial charge in [-0.05, 0) is 65.7 Å². The number of pyridine rings is 2. The van der Waals surface area contributed by atoms with E-state index in [0.717, 1.165) is 24.2 Å². The Bertz CT molecular complexity index is 1610. The first-order valence-corrected chi connectivity index (χ1v) is 11.7. The highest BCUT2D eigenvalue weighted by molar-refractivity contribution is 6.09. The molecule has 0 aliphatic carbocycles. The molecule has 12 heteroatoms. The molecule has 1 atom stereocenters. The largest absolute Gasteiger partial charge is 0.364 e. The van der Waals surface area contributed by atoms with Crippen molar-refractivity contribution in [1.82, 2.24) is 34.8 Å². The molecule has 5 heterocycles. The second-order valence-electron chi connectivity index (χ2n) is 8.80. The van der Waals surface area contributed by atoms with Crippen molar-refractivity contribution in [2.45, 2.75) is 18.9 Å². The number of rotatable bonds is 5. The van der Waals surface area contributed by atoms with Crippen LogP contribution in [-0.2, 0) is 7.05 Å². The summed E-state index contributed by atoms with van der Waals surface area (Å²) in [6.45, 7) is 0.686. The van der Waals surface area contributed by atoms with E-state index < -0.39 is 11.6 Å². The molecule has 4 aromatic heterocycles. The van der Waals surface area contributed by atoms with Gasteiger partial charge in [0, 0.05) is 31.0 Å². The standard InChI is InChI=1S/C25H21F2N9O/c1-34-24(31-32-33-34)21-7-5-16(13-28-21)30-25(37)19-14-29-36-10-8-17(12-23(19)36)35-9-2-3-22(35)18-11-15(26)4-6-20(18)27/h4-8,10-14,22H,2-3,9H2,1H3,(H,30,37)/t22-/m1/s1. The SMILES string of the molecule is Cn1nnnc1-c1ccc(NC(=O)c2cnn3ccc(N4CCC[C@@H]4c4cc(F)ccc4F)cc23)cn1. The van der Waals surface area contributed by atoms with Gasteiger partial charge in [0.15, 0.2) is 5.82 Å². The fraction of sp³-hybridized carbons (Fsp3) is 0.200. The van der Waals surface area contributed by atoms with Crippen LogP contribution in [0.15, 0.2) is 61.1 Å². The van der Waals surface area contributed by atoms with Crippen molar-refractivity contribution < 1.29 is 13.6 Å². The van der Waals surface area contributed by atoms with Crippen LogP contribution in [0.1, 0.15) is 34.8 Å². The molecule has 1 fully saturated rings. The number of halogens is 2. The van der Waals surface area contributed by atoms with Crippen molar-refractivity contribution in [3.8, 4) is 11.5 Å². The lowest BCUT2D eigenvalue weighted by Gasteiger charge is -2.27. The highest BCUT2D eigenvalue weighted by Crippen LogP contribution is 2.38. The molecule has 1 aliphatic heterocycles. The third-order valence-corrected chi connectivity index (χ3v) is 6.52. The van der Waals surface area contributed by atoms with Crippen LogP contribution in [0.2, 0.25) is 0 Å². The van der Waals surface area contributed by atoms with E-state index >= 15 is 0 Å². The van der Waals surface area contributed by atoms with Gasteiger partial charge in [-0.2, -0.15) is 5.10 Å². The number of nitrogens with one attached hydrogen (secondary N) is 1. The van der Waals surface area contributed by atoms with Crippen molar-refractivity contribution in [2.24, 2.45) is 7.05 Å². The number of aromatic nitrogens is 7. The number of carbonyl (C=O) groups excluding carboxylic acids is 1. The van der Waals surface area contributed by atoms with Gasteiger partial charge in [0.25, 0.3) is 5.91 Å². The molecular weight excluding hydrogens is 480 g/mol. The maximum Gasteiger partial charge on any atom is 0.259 e. The monoisotopic (exact) mass is 501 g/mol. The van der Waals surface area contributed by atoms with Crippen molar-refractivity contribution >= 4 is 22.8 Å². The van der Waals surface area contributed by atoms with Gasteiger partial charge in [-0.1, -0.05) is 0 Å². The van der Waals surface area contributed by atoms with E-state index in [9.17, 15) is 13.6 Å².